The van der Waals surface area contributed by atoms with E-state index < -0.39 is 6.10 Å². The molecule has 1 aliphatic carbocycles. The van der Waals surface area contributed by atoms with Gasteiger partial charge in [0.2, 0.25) is 0 Å². The molecular weight excluding hydrogens is 332 g/mol. The van der Waals surface area contributed by atoms with Gasteiger partial charge >= 0.3 is 0 Å². The largest absolute Gasteiger partial charge is 0.493 e. The van der Waals surface area contributed by atoms with Gasteiger partial charge in [-0.05, 0) is 54.7 Å². The molecule has 3 atom stereocenters. The molecule has 3 nitrogen and oxygen atoms in total. The van der Waals surface area contributed by atoms with Crippen LogP contribution in [0.15, 0.2) is 16.6 Å². The fourth-order valence-electron chi connectivity index (χ4n) is 3.62. The van der Waals surface area contributed by atoms with Gasteiger partial charge in [-0.2, -0.15) is 0 Å². The molecule has 0 aromatic heterocycles. The van der Waals surface area contributed by atoms with Crippen LogP contribution in [0.25, 0.3) is 0 Å². The zero-order valence-electron chi connectivity index (χ0n) is 13.2. The fraction of sp³-hybridized carbons (Fsp3) is 0.647. The quantitative estimate of drug-likeness (QED) is 0.858. The van der Waals surface area contributed by atoms with Crippen LogP contribution in [0.4, 0.5) is 0 Å². The topological polar surface area (TPSA) is 38.7 Å². The summed E-state index contributed by atoms with van der Waals surface area (Å²) in [5.41, 5.74) is 0.888. The molecule has 0 radical (unpaired) electrons. The van der Waals surface area contributed by atoms with Gasteiger partial charge in [-0.1, -0.05) is 29.8 Å². The molecule has 118 valence electrons. The second-order valence-corrected chi connectivity index (χ2v) is 7.21. The van der Waals surface area contributed by atoms with Gasteiger partial charge < -0.3 is 14.6 Å². The lowest BCUT2D eigenvalue weighted by atomic mass is 9.73. The third-order valence-electron chi connectivity index (χ3n) is 4.48. The molecule has 2 rings (SSSR count). The minimum atomic E-state index is -0.468. The molecule has 0 saturated heterocycles. The average Bonchev–Trinajstić information content (AvgIpc) is 2.45. The third-order valence-corrected chi connectivity index (χ3v) is 5.17. The van der Waals surface area contributed by atoms with E-state index in [1.807, 2.05) is 12.1 Å². The number of rotatable bonds is 4. The van der Waals surface area contributed by atoms with Crippen molar-refractivity contribution in [1.82, 2.24) is 0 Å². The van der Waals surface area contributed by atoms with Gasteiger partial charge in [0, 0.05) is 4.47 Å². The maximum absolute atomic E-state index is 10.8. The molecule has 1 aromatic carbocycles. The van der Waals surface area contributed by atoms with E-state index in [0.29, 0.717) is 29.3 Å². The van der Waals surface area contributed by atoms with Crippen LogP contribution in [-0.2, 0) is 0 Å². The number of halogens is 1. The van der Waals surface area contributed by atoms with E-state index in [2.05, 4.69) is 29.8 Å². The Balaban J connectivity index is 2.28. The highest BCUT2D eigenvalue weighted by molar-refractivity contribution is 9.10. The summed E-state index contributed by atoms with van der Waals surface area (Å²) in [6.07, 6.45) is 2.94. The summed E-state index contributed by atoms with van der Waals surface area (Å²) in [5.74, 6) is 2.98. The Morgan fingerprint density at radius 2 is 1.57 bits per heavy atom. The van der Waals surface area contributed by atoms with Gasteiger partial charge in [0.1, 0.15) is 0 Å². The predicted octanol–water partition coefficient (Wildman–Crippen LogP) is 4.57. The van der Waals surface area contributed by atoms with E-state index >= 15 is 0 Å². The van der Waals surface area contributed by atoms with Crippen molar-refractivity contribution in [1.29, 1.82) is 0 Å². The van der Waals surface area contributed by atoms with Crippen LogP contribution in [-0.4, -0.2) is 19.3 Å². The predicted molar refractivity (Wildman–Crippen MR) is 87.9 cm³/mol. The van der Waals surface area contributed by atoms with Crippen molar-refractivity contribution in [2.24, 2.45) is 17.8 Å². The lowest BCUT2D eigenvalue weighted by Gasteiger charge is -2.35. The van der Waals surface area contributed by atoms with E-state index in [0.717, 1.165) is 22.9 Å². The summed E-state index contributed by atoms with van der Waals surface area (Å²) in [4.78, 5) is 0. The molecule has 21 heavy (non-hydrogen) atoms. The Labute approximate surface area is 135 Å². The highest BCUT2D eigenvalue weighted by Crippen LogP contribution is 2.43. The second-order valence-electron chi connectivity index (χ2n) is 6.35. The number of methoxy groups -OCH3 is 2. The van der Waals surface area contributed by atoms with Crippen LogP contribution in [0.1, 0.15) is 44.8 Å². The number of aliphatic hydroxyl groups excluding tert-OH is 1. The van der Waals surface area contributed by atoms with E-state index in [1.165, 1.54) is 6.42 Å². The minimum Gasteiger partial charge on any atom is -0.493 e. The van der Waals surface area contributed by atoms with E-state index in [-0.39, 0.29) is 0 Å². The smallest absolute Gasteiger partial charge is 0.161 e. The molecule has 1 fully saturated rings. The first kappa shape index (κ1) is 16.6. The number of hydrogen-bond acceptors (Lipinski definition) is 3. The number of hydrogen-bond donors (Lipinski definition) is 1. The van der Waals surface area contributed by atoms with Crippen molar-refractivity contribution in [3.05, 3.63) is 22.2 Å². The van der Waals surface area contributed by atoms with Crippen LogP contribution in [0.5, 0.6) is 11.5 Å². The van der Waals surface area contributed by atoms with Crippen molar-refractivity contribution in [2.45, 2.75) is 39.2 Å². The molecule has 0 heterocycles. The molecule has 1 aliphatic rings. The van der Waals surface area contributed by atoms with Crippen LogP contribution in [0.3, 0.4) is 0 Å². The lowest BCUT2D eigenvalue weighted by molar-refractivity contribution is 0.0545. The molecule has 1 N–H and O–H groups in total. The number of benzene rings is 1. The van der Waals surface area contributed by atoms with Crippen molar-refractivity contribution in [3.63, 3.8) is 0 Å². The molecule has 1 saturated carbocycles. The van der Waals surface area contributed by atoms with Crippen molar-refractivity contribution < 1.29 is 14.6 Å². The van der Waals surface area contributed by atoms with Crippen LogP contribution in [0.2, 0.25) is 0 Å². The Morgan fingerprint density at radius 1 is 1.05 bits per heavy atom. The summed E-state index contributed by atoms with van der Waals surface area (Å²) in [6, 6.07) is 3.75. The maximum atomic E-state index is 10.8. The van der Waals surface area contributed by atoms with Crippen molar-refractivity contribution in [3.8, 4) is 11.5 Å². The summed E-state index contributed by atoms with van der Waals surface area (Å²) in [6.45, 7) is 4.55. The van der Waals surface area contributed by atoms with Gasteiger partial charge in [-0.25, -0.2) is 0 Å². The van der Waals surface area contributed by atoms with Gasteiger partial charge in [0.05, 0.1) is 20.3 Å². The molecule has 3 unspecified atom stereocenters. The van der Waals surface area contributed by atoms with Gasteiger partial charge in [-0.3, -0.25) is 0 Å². The van der Waals surface area contributed by atoms with Crippen LogP contribution >= 0.6 is 15.9 Å². The molecule has 0 aliphatic heterocycles. The first-order valence-electron chi connectivity index (χ1n) is 7.55. The molecular formula is C17H25BrO3. The zero-order valence-corrected chi connectivity index (χ0v) is 14.8. The molecule has 0 amide bonds. The van der Waals surface area contributed by atoms with E-state index in [1.54, 1.807) is 14.2 Å². The molecule has 4 heteroatoms. The lowest BCUT2D eigenvalue weighted by Crippen LogP contribution is -2.25. The van der Waals surface area contributed by atoms with E-state index in [9.17, 15) is 5.11 Å². The van der Waals surface area contributed by atoms with Gasteiger partial charge in [0.15, 0.2) is 11.5 Å². The fourth-order valence-corrected chi connectivity index (χ4v) is 4.17. The maximum Gasteiger partial charge on any atom is 0.161 e. The third kappa shape index (κ3) is 3.72. The Kier molecular flexibility index (Phi) is 5.55. The van der Waals surface area contributed by atoms with Gasteiger partial charge in [0.25, 0.3) is 0 Å². The Morgan fingerprint density at radius 3 is 2.10 bits per heavy atom. The molecule has 1 aromatic rings. The number of aliphatic hydroxyl groups is 1. The highest BCUT2D eigenvalue weighted by atomic mass is 79.9. The summed E-state index contributed by atoms with van der Waals surface area (Å²) in [5, 5.41) is 10.8. The summed E-state index contributed by atoms with van der Waals surface area (Å²) in [7, 11) is 3.23. The van der Waals surface area contributed by atoms with Crippen molar-refractivity contribution in [2.75, 3.05) is 14.2 Å². The monoisotopic (exact) mass is 356 g/mol. The standard InChI is InChI=1S/C17H25BrO3/c1-10-5-11(2)7-12(6-10)17(19)13-8-15(20-3)16(21-4)9-14(13)18/h8-12,17,19H,5-7H2,1-4H3. The van der Waals surface area contributed by atoms with Gasteiger partial charge in [-0.15, -0.1) is 0 Å². The highest BCUT2D eigenvalue weighted by Gasteiger charge is 2.31. The Hall–Kier alpha value is -0.740. The normalized spacial score (nSPS) is 27.2. The van der Waals surface area contributed by atoms with Crippen molar-refractivity contribution >= 4 is 15.9 Å². The zero-order chi connectivity index (χ0) is 15.6. The SMILES string of the molecule is COc1cc(Br)c(C(O)C2CC(C)CC(C)C2)cc1OC. The van der Waals surface area contributed by atoms with E-state index in [4.69, 9.17) is 9.47 Å². The van der Waals surface area contributed by atoms with Crippen LogP contribution < -0.4 is 9.47 Å². The summed E-state index contributed by atoms with van der Waals surface area (Å²) < 4.78 is 11.5. The first-order chi connectivity index (χ1) is 9.96. The summed E-state index contributed by atoms with van der Waals surface area (Å²) >= 11 is 3.55. The molecule has 0 spiro atoms. The number of ether oxygens (including phenoxy) is 2. The average molecular weight is 357 g/mol. The van der Waals surface area contributed by atoms with Crippen LogP contribution in [0, 0.1) is 17.8 Å². The first-order valence-corrected chi connectivity index (χ1v) is 8.35. The second kappa shape index (κ2) is 7.01. The minimum absolute atomic E-state index is 0.304. The molecule has 0 bridgehead atoms. The Bertz CT molecular complexity index is 479.